The maximum Gasteiger partial charge on any atom is 0.125 e. The maximum atomic E-state index is 13.4. The first kappa shape index (κ1) is 14.3. The lowest BCUT2D eigenvalue weighted by Crippen LogP contribution is -2.60. The SMILES string of the molecule is CC1CCCC(CN)(N(C)c2cccc(F)c2)C1C. The number of halogens is 1. The van der Waals surface area contributed by atoms with Crippen molar-refractivity contribution in [3.05, 3.63) is 30.1 Å². The van der Waals surface area contributed by atoms with E-state index in [9.17, 15) is 4.39 Å². The summed E-state index contributed by atoms with van der Waals surface area (Å²) in [5.41, 5.74) is 7.00. The Morgan fingerprint density at radius 3 is 2.79 bits per heavy atom. The van der Waals surface area contributed by atoms with Gasteiger partial charge in [-0.3, -0.25) is 0 Å². The van der Waals surface area contributed by atoms with Crippen LogP contribution in [0.3, 0.4) is 0 Å². The second kappa shape index (κ2) is 5.49. The molecule has 1 aliphatic rings. The van der Waals surface area contributed by atoms with Crippen LogP contribution in [0.1, 0.15) is 33.1 Å². The molecule has 0 amide bonds. The van der Waals surface area contributed by atoms with Crippen molar-refractivity contribution in [3.63, 3.8) is 0 Å². The molecule has 0 spiro atoms. The highest BCUT2D eigenvalue weighted by Crippen LogP contribution is 2.42. The predicted octanol–water partition coefficient (Wildman–Crippen LogP) is 3.42. The number of rotatable bonds is 3. The lowest BCUT2D eigenvalue weighted by molar-refractivity contribution is 0.144. The zero-order valence-corrected chi connectivity index (χ0v) is 12.2. The van der Waals surface area contributed by atoms with Gasteiger partial charge in [0.05, 0.1) is 5.54 Å². The molecule has 0 aliphatic heterocycles. The molecule has 1 saturated carbocycles. The summed E-state index contributed by atoms with van der Waals surface area (Å²) >= 11 is 0. The number of nitrogens with zero attached hydrogens (tertiary/aromatic N) is 1. The molecule has 0 saturated heterocycles. The summed E-state index contributed by atoms with van der Waals surface area (Å²) in [6.45, 7) is 5.20. The number of hydrogen-bond donors (Lipinski definition) is 1. The summed E-state index contributed by atoms with van der Waals surface area (Å²) in [6, 6.07) is 6.82. The van der Waals surface area contributed by atoms with Crippen LogP contribution in [0.25, 0.3) is 0 Å². The van der Waals surface area contributed by atoms with Gasteiger partial charge in [0.15, 0.2) is 0 Å². The minimum Gasteiger partial charge on any atom is -0.367 e. The second-order valence-electron chi connectivity index (χ2n) is 6.00. The number of hydrogen-bond acceptors (Lipinski definition) is 2. The van der Waals surface area contributed by atoms with E-state index in [0.29, 0.717) is 18.4 Å². The van der Waals surface area contributed by atoms with Crippen molar-refractivity contribution in [2.75, 3.05) is 18.5 Å². The third-order valence-corrected chi connectivity index (χ3v) is 5.19. The molecule has 0 radical (unpaired) electrons. The van der Waals surface area contributed by atoms with Crippen molar-refractivity contribution < 1.29 is 4.39 Å². The van der Waals surface area contributed by atoms with Gasteiger partial charge in [0, 0.05) is 19.3 Å². The zero-order valence-electron chi connectivity index (χ0n) is 12.2. The summed E-state index contributed by atoms with van der Waals surface area (Å²) in [5, 5.41) is 0. The average molecular weight is 264 g/mol. The first-order chi connectivity index (χ1) is 9.01. The van der Waals surface area contributed by atoms with E-state index in [2.05, 4.69) is 25.8 Å². The molecule has 2 nitrogen and oxygen atoms in total. The molecule has 106 valence electrons. The molecule has 1 aliphatic carbocycles. The monoisotopic (exact) mass is 264 g/mol. The fourth-order valence-corrected chi connectivity index (χ4v) is 3.58. The number of benzene rings is 1. The topological polar surface area (TPSA) is 29.3 Å². The zero-order chi connectivity index (χ0) is 14.0. The molecule has 0 bridgehead atoms. The van der Waals surface area contributed by atoms with Crippen molar-refractivity contribution in [3.8, 4) is 0 Å². The largest absolute Gasteiger partial charge is 0.367 e. The van der Waals surface area contributed by atoms with Gasteiger partial charge in [-0.1, -0.05) is 32.8 Å². The van der Waals surface area contributed by atoms with Crippen LogP contribution >= 0.6 is 0 Å². The molecular formula is C16H25FN2. The van der Waals surface area contributed by atoms with Crippen LogP contribution in [-0.2, 0) is 0 Å². The van der Waals surface area contributed by atoms with Gasteiger partial charge in [0.2, 0.25) is 0 Å². The second-order valence-corrected chi connectivity index (χ2v) is 6.00. The van der Waals surface area contributed by atoms with Crippen LogP contribution in [0, 0.1) is 17.7 Å². The highest BCUT2D eigenvalue weighted by Gasteiger charge is 2.43. The molecule has 3 unspecified atom stereocenters. The van der Waals surface area contributed by atoms with E-state index in [0.717, 1.165) is 12.1 Å². The molecule has 1 fully saturated rings. The predicted molar refractivity (Wildman–Crippen MR) is 78.8 cm³/mol. The van der Waals surface area contributed by atoms with Gasteiger partial charge in [-0.15, -0.1) is 0 Å². The Bertz CT molecular complexity index is 435. The van der Waals surface area contributed by atoms with Crippen LogP contribution in [0.15, 0.2) is 24.3 Å². The van der Waals surface area contributed by atoms with E-state index in [1.807, 2.05) is 6.07 Å². The normalized spacial score (nSPS) is 31.2. The van der Waals surface area contributed by atoms with Crippen molar-refractivity contribution in [1.29, 1.82) is 0 Å². The molecule has 3 heteroatoms. The summed E-state index contributed by atoms with van der Waals surface area (Å²) < 4.78 is 13.4. The van der Waals surface area contributed by atoms with Gasteiger partial charge in [-0.05, 0) is 36.5 Å². The molecule has 1 aromatic rings. The third-order valence-electron chi connectivity index (χ3n) is 5.19. The molecule has 19 heavy (non-hydrogen) atoms. The highest BCUT2D eigenvalue weighted by atomic mass is 19.1. The van der Waals surface area contributed by atoms with Crippen LogP contribution in [0.5, 0.6) is 0 Å². The van der Waals surface area contributed by atoms with Crippen molar-refractivity contribution in [2.45, 2.75) is 38.6 Å². The van der Waals surface area contributed by atoms with Crippen LogP contribution < -0.4 is 10.6 Å². The lowest BCUT2D eigenvalue weighted by atomic mass is 9.67. The summed E-state index contributed by atoms with van der Waals surface area (Å²) in [7, 11) is 2.05. The van der Waals surface area contributed by atoms with E-state index in [1.165, 1.54) is 18.9 Å². The quantitative estimate of drug-likeness (QED) is 0.906. The smallest absolute Gasteiger partial charge is 0.125 e. The van der Waals surface area contributed by atoms with E-state index in [1.54, 1.807) is 12.1 Å². The van der Waals surface area contributed by atoms with Crippen molar-refractivity contribution in [2.24, 2.45) is 17.6 Å². The summed E-state index contributed by atoms with van der Waals surface area (Å²) in [4.78, 5) is 2.20. The van der Waals surface area contributed by atoms with E-state index < -0.39 is 0 Å². The molecular weight excluding hydrogens is 239 g/mol. The van der Waals surface area contributed by atoms with Gasteiger partial charge in [-0.25, -0.2) is 4.39 Å². The van der Waals surface area contributed by atoms with E-state index >= 15 is 0 Å². The molecule has 0 heterocycles. The molecule has 3 atom stereocenters. The Balaban J connectivity index is 2.35. The third kappa shape index (κ3) is 2.48. The highest BCUT2D eigenvalue weighted by molar-refractivity contribution is 5.49. The van der Waals surface area contributed by atoms with Gasteiger partial charge >= 0.3 is 0 Å². The Hall–Kier alpha value is -1.09. The number of likely N-dealkylation sites (N-methyl/N-ethyl adjacent to an activating group) is 1. The first-order valence-corrected chi connectivity index (χ1v) is 7.21. The molecule has 2 N–H and O–H groups in total. The van der Waals surface area contributed by atoms with Crippen LogP contribution in [-0.4, -0.2) is 19.1 Å². The Morgan fingerprint density at radius 2 is 2.16 bits per heavy atom. The van der Waals surface area contributed by atoms with Gasteiger partial charge in [0.1, 0.15) is 5.82 Å². The minimum atomic E-state index is -0.187. The Kier molecular flexibility index (Phi) is 4.14. The van der Waals surface area contributed by atoms with Gasteiger partial charge < -0.3 is 10.6 Å². The van der Waals surface area contributed by atoms with Crippen LogP contribution in [0.2, 0.25) is 0 Å². The molecule has 2 rings (SSSR count). The van der Waals surface area contributed by atoms with E-state index in [4.69, 9.17) is 5.73 Å². The van der Waals surface area contributed by atoms with E-state index in [-0.39, 0.29) is 11.4 Å². The number of anilines is 1. The van der Waals surface area contributed by atoms with Gasteiger partial charge in [-0.2, -0.15) is 0 Å². The first-order valence-electron chi connectivity index (χ1n) is 7.21. The van der Waals surface area contributed by atoms with Gasteiger partial charge in [0.25, 0.3) is 0 Å². The minimum absolute atomic E-state index is 0.0501. The lowest BCUT2D eigenvalue weighted by Gasteiger charge is -2.52. The van der Waals surface area contributed by atoms with Crippen LogP contribution in [0.4, 0.5) is 10.1 Å². The fourth-order valence-electron chi connectivity index (χ4n) is 3.58. The fraction of sp³-hybridized carbons (Fsp3) is 0.625. The maximum absolute atomic E-state index is 13.4. The Labute approximate surface area is 115 Å². The number of nitrogens with two attached hydrogens (primary N) is 1. The molecule has 0 aromatic heterocycles. The summed E-state index contributed by atoms with van der Waals surface area (Å²) in [5.74, 6) is 0.987. The van der Waals surface area contributed by atoms with Crippen molar-refractivity contribution in [1.82, 2.24) is 0 Å². The molecule has 1 aromatic carbocycles. The standard InChI is InChI=1S/C16H25FN2/c1-12-6-5-9-16(11-18,13(12)2)19(3)15-8-4-7-14(17)10-15/h4,7-8,10,12-13H,5-6,9,11,18H2,1-3H3. The Morgan fingerprint density at radius 1 is 1.42 bits per heavy atom. The average Bonchev–Trinajstić information content (AvgIpc) is 2.41. The summed E-state index contributed by atoms with van der Waals surface area (Å²) in [6.07, 6.45) is 3.55. The van der Waals surface area contributed by atoms with Crippen molar-refractivity contribution >= 4 is 5.69 Å².